The average Bonchev–Trinajstić information content (AvgIpc) is 3.40. The number of likely N-dealkylation sites (N-methyl/N-ethyl adjacent to an activating group) is 1. The van der Waals surface area contributed by atoms with E-state index in [1.54, 1.807) is 0 Å². The number of primary amides is 1. The minimum atomic E-state index is -1.21. The molecule has 0 aliphatic carbocycles. The molecule has 12 nitrogen and oxygen atoms in total. The highest BCUT2D eigenvalue weighted by Gasteiger charge is 2.44. The van der Waals surface area contributed by atoms with Crippen molar-refractivity contribution in [2.75, 3.05) is 26.7 Å². The van der Waals surface area contributed by atoms with Gasteiger partial charge < -0.3 is 37.2 Å². The van der Waals surface area contributed by atoms with Crippen molar-refractivity contribution in [3.63, 3.8) is 0 Å². The first-order valence-electron chi connectivity index (χ1n) is 13.1. The smallest absolute Gasteiger partial charge is 0.312 e. The maximum atomic E-state index is 14.1. The summed E-state index contributed by atoms with van der Waals surface area (Å²) >= 11 is 0. The van der Waals surface area contributed by atoms with E-state index in [1.807, 2.05) is 60.7 Å². The molecule has 3 rings (SSSR count). The highest BCUT2D eigenvalue weighted by Crippen LogP contribution is 2.33. The molecule has 6 amide bonds. The standard InChI is InChI=1S/C28H37N7O5/c1-18(29)25(37)33-22(14-32-28(30)40)26(38)35-16-21(20-11-7-4-8-12-20)13-23(35)27(39)34(17-24(36)31-2)15-19-9-5-3-6-10-19/h3-12,18,21-23H,13-17,29H2,1-2H3,(H,31,36)(H,33,37)(H3,30,32,40)/t18-,21-,22-,23-/m0/s1. The van der Waals surface area contributed by atoms with Crippen LogP contribution >= 0.6 is 0 Å². The molecule has 0 aromatic heterocycles. The van der Waals surface area contributed by atoms with Crippen LogP contribution in [0.1, 0.15) is 30.4 Å². The highest BCUT2D eigenvalue weighted by atomic mass is 16.2. The SMILES string of the molecule is CNC(=O)CN(Cc1ccccc1)C(=O)[C@@H]1C[C@H](c2ccccc2)CN1C(=O)[C@H](CNC(N)=O)NC(=O)[C@H](C)N. The van der Waals surface area contributed by atoms with Gasteiger partial charge in [-0.05, 0) is 24.5 Å². The van der Waals surface area contributed by atoms with Crippen LogP contribution in [0.5, 0.6) is 0 Å². The van der Waals surface area contributed by atoms with E-state index in [4.69, 9.17) is 11.5 Å². The summed E-state index contributed by atoms with van der Waals surface area (Å²) in [6.45, 7) is 1.33. The minimum Gasteiger partial charge on any atom is -0.358 e. The Morgan fingerprint density at radius 3 is 2.23 bits per heavy atom. The Morgan fingerprint density at radius 1 is 1.02 bits per heavy atom. The summed E-state index contributed by atoms with van der Waals surface area (Å²) < 4.78 is 0. The molecule has 0 radical (unpaired) electrons. The van der Waals surface area contributed by atoms with Gasteiger partial charge in [0.2, 0.25) is 23.6 Å². The zero-order chi connectivity index (χ0) is 29.2. The zero-order valence-electron chi connectivity index (χ0n) is 22.7. The summed E-state index contributed by atoms with van der Waals surface area (Å²) in [6.07, 6.45) is 0.310. The van der Waals surface area contributed by atoms with Gasteiger partial charge in [0.05, 0.1) is 12.6 Å². The number of carbonyl (C=O) groups excluding carboxylic acids is 5. The molecular weight excluding hydrogens is 514 g/mol. The van der Waals surface area contributed by atoms with Crippen molar-refractivity contribution < 1.29 is 24.0 Å². The number of nitrogens with zero attached hydrogens (tertiary/aromatic N) is 2. The lowest BCUT2D eigenvalue weighted by Crippen LogP contribution is -2.59. The molecule has 7 N–H and O–H groups in total. The summed E-state index contributed by atoms with van der Waals surface area (Å²) in [5, 5.41) is 7.46. The zero-order valence-corrected chi connectivity index (χ0v) is 22.7. The van der Waals surface area contributed by atoms with Gasteiger partial charge in [0.1, 0.15) is 12.1 Å². The summed E-state index contributed by atoms with van der Waals surface area (Å²) in [4.78, 5) is 67.0. The number of nitrogens with two attached hydrogens (primary N) is 2. The Morgan fingerprint density at radius 2 is 1.65 bits per heavy atom. The largest absolute Gasteiger partial charge is 0.358 e. The van der Waals surface area contributed by atoms with E-state index in [1.165, 1.54) is 23.8 Å². The molecule has 0 unspecified atom stereocenters. The van der Waals surface area contributed by atoms with Gasteiger partial charge >= 0.3 is 6.03 Å². The summed E-state index contributed by atoms with van der Waals surface area (Å²) in [5.41, 5.74) is 12.7. The minimum absolute atomic E-state index is 0.162. The van der Waals surface area contributed by atoms with Crippen LogP contribution in [0.25, 0.3) is 0 Å². The van der Waals surface area contributed by atoms with E-state index < -0.39 is 41.9 Å². The molecule has 12 heteroatoms. The second kappa shape index (κ2) is 14.1. The van der Waals surface area contributed by atoms with E-state index in [0.717, 1.165) is 11.1 Å². The summed E-state index contributed by atoms with van der Waals surface area (Å²) in [7, 11) is 1.49. The van der Waals surface area contributed by atoms with Gasteiger partial charge in [-0.2, -0.15) is 0 Å². The molecule has 1 fully saturated rings. The number of rotatable bonds is 11. The molecule has 1 saturated heterocycles. The molecule has 2 aromatic rings. The van der Waals surface area contributed by atoms with Crippen molar-refractivity contribution >= 4 is 29.7 Å². The first kappa shape index (κ1) is 30.1. The van der Waals surface area contributed by atoms with Crippen LogP contribution in [-0.4, -0.2) is 84.3 Å². The second-order valence-electron chi connectivity index (χ2n) is 9.80. The molecule has 0 saturated carbocycles. The molecule has 1 aliphatic heterocycles. The lowest BCUT2D eigenvalue weighted by molar-refractivity contribution is -0.147. The van der Waals surface area contributed by atoms with Crippen LogP contribution in [0, 0.1) is 0 Å². The van der Waals surface area contributed by atoms with Gasteiger partial charge in [-0.3, -0.25) is 19.2 Å². The van der Waals surface area contributed by atoms with Crippen molar-refractivity contribution in [1.82, 2.24) is 25.8 Å². The third kappa shape index (κ3) is 8.03. The van der Waals surface area contributed by atoms with Crippen molar-refractivity contribution in [2.45, 2.75) is 43.9 Å². The lowest BCUT2D eigenvalue weighted by Gasteiger charge is -2.32. The fraction of sp³-hybridized carbons (Fsp3) is 0.393. The summed E-state index contributed by atoms with van der Waals surface area (Å²) in [5.74, 6) is -2.10. The normalized spacial score (nSPS) is 17.8. The molecule has 4 atom stereocenters. The van der Waals surface area contributed by atoms with Gasteiger partial charge in [0.25, 0.3) is 0 Å². The van der Waals surface area contributed by atoms with Gasteiger partial charge in [-0.1, -0.05) is 60.7 Å². The van der Waals surface area contributed by atoms with Gasteiger partial charge in [0, 0.05) is 32.6 Å². The highest BCUT2D eigenvalue weighted by molar-refractivity contribution is 5.95. The van der Waals surface area contributed by atoms with Crippen molar-refractivity contribution in [3.8, 4) is 0 Å². The van der Waals surface area contributed by atoms with Gasteiger partial charge in [0.15, 0.2) is 0 Å². The first-order valence-corrected chi connectivity index (χ1v) is 13.1. The molecule has 0 spiro atoms. The predicted octanol–water partition coefficient (Wildman–Crippen LogP) is -0.354. The Bertz CT molecular complexity index is 1190. The van der Waals surface area contributed by atoms with E-state index in [0.29, 0.717) is 6.42 Å². The Balaban J connectivity index is 1.96. The fourth-order valence-electron chi connectivity index (χ4n) is 4.67. The van der Waals surface area contributed by atoms with Crippen LogP contribution in [0.4, 0.5) is 4.79 Å². The van der Waals surface area contributed by atoms with E-state index in [2.05, 4.69) is 16.0 Å². The number of carbonyl (C=O) groups is 5. The number of nitrogens with one attached hydrogen (secondary N) is 3. The number of hydrogen-bond acceptors (Lipinski definition) is 6. The van der Waals surface area contributed by atoms with E-state index >= 15 is 0 Å². The molecule has 1 aliphatic rings. The summed E-state index contributed by atoms with van der Waals surface area (Å²) in [6, 6.07) is 14.8. The number of likely N-dealkylation sites (tertiary alicyclic amines) is 1. The number of hydrogen-bond donors (Lipinski definition) is 5. The Kier molecular flexibility index (Phi) is 10.6. The molecule has 1 heterocycles. The topological polar surface area (TPSA) is 180 Å². The van der Waals surface area contributed by atoms with E-state index in [-0.39, 0.29) is 38.0 Å². The van der Waals surface area contributed by atoms with Crippen molar-refractivity contribution in [2.24, 2.45) is 11.5 Å². The molecule has 214 valence electrons. The number of amides is 6. The van der Waals surface area contributed by atoms with Crippen LogP contribution in [0.3, 0.4) is 0 Å². The number of urea groups is 1. The van der Waals surface area contributed by atoms with Gasteiger partial charge in [-0.25, -0.2) is 4.79 Å². The Labute approximate surface area is 233 Å². The van der Waals surface area contributed by atoms with Crippen LogP contribution < -0.4 is 27.4 Å². The third-order valence-corrected chi connectivity index (χ3v) is 6.79. The fourth-order valence-corrected chi connectivity index (χ4v) is 4.67. The number of benzene rings is 2. The quantitative estimate of drug-likeness (QED) is 0.254. The van der Waals surface area contributed by atoms with Crippen molar-refractivity contribution in [3.05, 3.63) is 71.8 Å². The van der Waals surface area contributed by atoms with Crippen LogP contribution in [0.2, 0.25) is 0 Å². The molecule has 0 bridgehead atoms. The molecular formula is C28H37N7O5. The Hall–Kier alpha value is -4.45. The van der Waals surface area contributed by atoms with Gasteiger partial charge in [-0.15, -0.1) is 0 Å². The molecule has 40 heavy (non-hydrogen) atoms. The monoisotopic (exact) mass is 551 g/mol. The third-order valence-electron chi connectivity index (χ3n) is 6.79. The molecule has 2 aromatic carbocycles. The second-order valence-corrected chi connectivity index (χ2v) is 9.80. The first-order chi connectivity index (χ1) is 19.1. The van der Waals surface area contributed by atoms with Crippen LogP contribution in [-0.2, 0) is 25.7 Å². The van der Waals surface area contributed by atoms with E-state index in [9.17, 15) is 24.0 Å². The van der Waals surface area contributed by atoms with Crippen molar-refractivity contribution in [1.29, 1.82) is 0 Å². The lowest BCUT2D eigenvalue weighted by atomic mass is 9.96. The predicted molar refractivity (Wildman–Crippen MR) is 148 cm³/mol. The maximum absolute atomic E-state index is 14.1. The van der Waals surface area contributed by atoms with Crippen LogP contribution in [0.15, 0.2) is 60.7 Å². The maximum Gasteiger partial charge on any atom is 0.312 e. The average molecular weight is 552 g/mol.